The third-order valence-electron chi connectivity index (χ3n) is 19.1. The minimum absolute atomic E-state index is 0.0139. The summed E-state index contributed by atoms with van der Waals surface area (Å²) in [7, 11) is 1.69. The van der Waals surface area contributed by atoms with Gasteiger partial charge in [-0.25, -0.2) is 0 Å². The van der Waals surface area contributed by atoms with Gasteiger partial charge in [0.1, 0.15) is 28.7 Å². The van der Waals surface area contributed by atoms with E-state index in [1.54, 1.807) is 0 Å². The Morgan fingerprint density at radius 1 is 0.234 bits per heavy atom. The van der Waals surface area contributed by atoms with Gasteiger partial charge in [0.25, 0.3) is 0 Å². The molecule has 11 aromatic carbocycles. The Labute approximate surface area is 670 Å². The van der Waals surface area contributed by atoms with E-state index in [4.69, 9.17) is 0 Å². The van der Waals surface area contributed by atoms with E-state index < -0.39 is 0 Å². The van der Waals surface area contributed by atoms with Gasteiger partial charge in [-0.15, -0.1) is 0 Å². The first-order valence-corrected chi connectivity index (χ1v) is 42.7. The van der Waals surface area contributed by atoms with Crippen LogP contribution in [0.3, 0.4) is 0 Å². The predicted octanol–water partition coefficient (Wildman–Crippen LogP) is 16.8. The number of phenolic OH excluding ortho intramolecular Hbond substituents is 5. The van der Waals surface area contributed by atoms with Gasteiger partial charge in [-0.1, -0.05) is 318 Å². The number of phenols is 5. The topological polar surface area (TPSA) is 202 Å². The molecule has 111 heavy (non-hydrogen) atoms. The maximum absolute atomic E-state index is 10.9. The Bertz CT molecular complexity index is 4910. The first-order valence-electron chi connectivity index (χ1n) is 37.7. The van der Waals surface area contributed by atoms with Crippen LogP contribution in [0.2, 0.25) is 0 Å². The second-order valence-corrected chi connectivity index (χ2v) is 39.6. The minimum atomic E-state index is -0.127. The lowest BCUT2D eigenvalue weighted by molar-refractivity contribution is 0.282. The number of aliphatic hydroxyl groups excluding tert-OH is 5. The second kappa shape index (κ2) is 40.4. The van der Waals surface area contributed by atoms with Crippen molar-refractivity contribution in [3.63, 3.8) is 0 Å². The standard InChI is InChI=1S/C22H31O2P.C20H19O2P.2C19H25O2P.C16H19O2P/c1-14-8-9-18(15(10-14)13-23)25-19-12-16(21(2,3)4)11-17(20(19)24)22(5,6)7;21-14-17-9-4-5-11-18(17)23-19-12-6-10-16(20(19)22)13-15-7-2-1-3-8-15;1-12-6-7-16(14(8-12)11-20)22-17-10-15(19(3,4)5)9-13(2)18(17)21;1-12-6-7-16(14(8-12)11-20)22-17-10-13(2)9-15(18(17)21)19(3,4)5;1-10-4-5-13(9-17)14(7-10)19-15-8-11(2)6-12(3)16(15)18/h8-12,23-25H,13H2,1-7H3;1-12,21-23H,13-14H2;2*6-10,20-22H,11H2,1-5H3;4-8,17-19H,9H2,1-3H3. The van der Waals surface area contributed by atoms with Crippen molar-refractivity contribution in [3.05, 3.63) is 300 Å². The van der Waals surface area contributed by atoms with Gasteiger partial charge >= 0.3 is 0 Å². The van der Waals surface area contributed by atoms with Crippen LogP contribution in [-0.4, -0.2) is 51.1 Å². The minimum Gasteiger partial charge on any atom is -0.507 e. The molecule has 0 bridgehead atoms. The van der Waals surface area contributed by atoms with Crippen LogP contribution in [0.5, 0.6) is 28.7 Å². The third-order valence-corrected chi connectivity index (χ3v) is 26.1. The fourth-order valence-electron chi connectivity index (χ4n) is 12.6. The molecule has 0 radical (unpaired) electrons. The van der Waals surface area contributed by atoms with Crippen LogP contribution < -0.4 is 53.0 Å². The first kappa shape index (κ1) is 90.6. The highest BCUT2D eigenvalue weighted by atomic mass is 31.1. The van der Waals surface area contributed by atoms with E-state index in [0.29, 0.717) is 78.1 Å². The monoisotopic (exact) mass is 1590 g/mol. The van der Waals surface area contributed by atoms with Crippen molar-refractivity contribution in [2.24, 2.45) is 0 Å². The average Bonchev–Trinajstić information content (AvgIpc) is 0.793. The summed E-state index contributed by atoms with van der Waals surface area (Å²) in [6, 6.07) is 64.9. The Kier molecular flexibility index (Phi) is 33.0. The number of hydrogen-bond donors (Lipinski definition) is 10. The Balaban J connectivity index is 0.000000193. The van der Waals surface area contributed by atoms with Crippen LogP contribution in [0.4, 0.5) is 0 Å². The highest BCUT2D eigenvalue weighted by molar-refractivity contribution is 7.57. The quantitative estimate of drug-likeness (QED) is 0.0391. The summed E-state index contributed by atoms with van der Waals surface area (Å²) in [5.41, 5.74) is 19.8. The van der Waals surface area contributed by atoms with E-state index in [1.165, 1.54) is 22.3 Å². The van der Waals surface area contributed by atoms with Gasteiger partial charge in [-0.05, 0) is 200 Å². The summed E-state index contributed by atoms with van der Waals surface area (Å²) in [4.78, 5) is 0. The molecule has 0 aromatic heterocycles. The van der Waals surface area contributed by atoms with Crippen LogP contribution in [0.25, 0.3) is 0 Å². The third kappa shape index (κ3) is 25.9. The molecule has 5 unspecified atom stereocenters. The lowest BCUT2D eigenvalue weighted by Crippen LogP contribution is -2.21. The molecule has 15 heteroatoms. The molecule has 0 saturated heterocycles. The van der Waals surface area contributed by atoms with E-state index in [2.05, 4.69) is 175 Å². The molecule has 0 saturated carbocycles. The van der Waals surface area contributed by atoms with E-state index in [0.717, 1.165) is 136 Å². The molecule has 0 heterocycles. The molecule has 588 valence electrons. The van der Waals surface area contributed by atoms with E-state index in [9.17, 15) is 51.1 Å². The summed E-state index contributed by atoms with van der Waals surface area (Å²) in [6.07, 6.45) is 0.715. The summed E-state index contributed by atoms with van der Waals surface area (Å²) >= 11 is 0. The van der Waals surface area contributed by atoms with Gasteiger partial charge < -0.3 is 51.1 Å². The number of para-hydroxylation sites is 1. The van der Waals surface area contributed by atoms with Crippen LogP contribution in [0.1, 0.15) is 189 Å². The SMILES string of the molecule is Cc1ccc(CO)c(Pc2cc(C)cc(C)c2O)c1.Cc1ccc(Pc2cc(C(C)(C)C)cc(C(C)(C)C)c2O)c(CO)c1.Cc1ccc(Pc2cc(C(C)(C)C)cc(C)c2O)c(CO)c1.Cc1ccc(Pc2cc(C)cc(C(C)(C)C)c2O)c(CO)c1.OCc1ccccc1Pc1cccc(Cc2ccccc2)c1O. The van der Waals surface area contributed by atoms with Gasteiger partial charge in [0, 0.05) is 44.1 Å². The number of hydrogen-bond acceptors (Lipinski definition) is 10. The highest BCUT2D eigenvalue weighted by Crippen LogP contribution is 2.39. The molecule has 0 spiro atoms. The molecule has 0 aliphatic rings. The molecule has 0 aliphatic carbocycles. The molecule has 10 nitrogen and oxygen atoms in total. The van der Waals surface area contributed by atoms with Crippen molar-refractivity contribution in [1.82, 2.24) is 0 Å². The van der Waals surface area contributed by atoms with E-state index in [-0.39, 0.29) is 54.7 Å². The van der Waals surface area contributed by atoms with Crippen molar-refractivity contribution in [2.45, 2.75) is 200 Å². The zero-order chi connectivity index (χ0) is 82.0. The van der Waals surface area contributed by atoms with Gasteiger partial charge in [0.05, 0.1) is 33.0 Å². The molecular formula is C96H119O10P5. The lowest BCUT2D eigenvalue weighted by atomic mass is 9.80. The zero-order valence-electron chi connectivity index (χ0n) is 68.7. The Morgan fingerprint density at radius 3 is 1.04 bits per heavy atom. The maximum atomic E-state index is 10.9. The molecule has 11 aromatic rings. The number of aliphatic hydroxyl groups is 5. The van der Waals surface area contributed by atoms with Gasteiger partial charge in [-0.3, -0.25) is 0 Å². The van der Waals surface area contributed by atoms with Crippen molar-refractivity contribution in [3.8, 4) is 28.7 Å². The van der Waals surface area contributed by atoms with Crippen molar-refractivity contribution in [1.29, 1.82) is 0 Å². The molecule has 10 N–H and O–H groups in total. The molecule has 0 fully saturated rings. The summed E-state index contributed by atoms with van der Waals surface area (Å²) in [5, 5.41) is 111. The molecule has 0 amide bonds. The molecular weight excluding hydrogens is 1470 g/mol. The number of rotatable bonds is 17. The fraction of sp³-hybridized carbons (Fsp3) is 0.312. The van der Waals surface area contributed by atoms with Gasteiger partial charge in [-0.2, -0.15) is 0 Å². The Hall–Kier alpha value is -7.63. The van der Waals surface area contributed by atoms with Crippen LogP contribution >= 0.6 is 42.9 Å². The van der Waals surface area contributed by atoms with Crippen molar-refractivity contribution in [2.75, 3.05) is 0 Å². The van der Waals surface area contributed by atoms with Crippen LogP contribution in [-0.2, 0) is 61.1 Å². The van der Waals surface area contributed by atoms with Crippen molar-refractivity contribution >= 4 is 95.9 Å². The normalized spacial score (nSPS) is 12.0. The highest BCUT2D eigenvalue weighted by Gasteiger charge is 2.27. The van der Waals surface area contributed by atoms with Gasteiger partial charge in [0.2, 0.25) is 0 Å². The van der Waals surface area contributed by atoms with Crippen LogP contribution in [0, 0.1) is 55.4 Å². The first-order chi connectivity index (χ1) is 52.1. The average molecular weight is 1590 g/mol. The summed E-state index contributed by atoms with van der Waals surface area (Å²) < 4.78 is 0. The summed E-state index contributed by atoms with van der Waals surface area (Å²) in [5.74, 6) is 1.89. The fourth-order valence-corrected chi connectivity index (χ4v) is 19.2. The van der Waals surface area contributed by atoms with Gasteiger partial charge in [0.15, 0.2) is 0 Å². The molecule has 11 rings (SSSR count). The second-order valence-electron chi connectivity index (χ2n) is 33.0. The Morgan fingerprint density at radius 2 is 0.568 bits per heavy atom. The number of benzene rings is 11. The zero-order valence-corrected chi connectivity index (χ0v) is 73.7. The predicted molar refractivity (Wildman–Crippen MR) is 482 cm³/mol. The smallest absolute Gasteiger partial charge is 0.127 e. The number of aromatic hydroxyl groups is 5. The number of aryl methyl sites for hydroxylation is 8. The van der Waals surface area contributed by atoms with Crippen molar-refractivity contribution < 1.29 is 51.1 Å². The van der Waals surface area contributed by atoms with E-state index >= 15 is 0 Å². The maximum Gasteiger partial charge on any atom is 0.127 e. The van der Waals surface area contributed by atoms with E-state index in [1.807, 2.05) is 158 Å². The summed E-state index contributed by atoms with van der Waals surface area (Å²) in [6.45, 7) is 42.1. The molecule has 0 aliphatic heterocycles. The van der Waals surface area contributed by atoms with Crippen LogP contribution in [0.15, 0.2) is 194 Å². The lowest BCUT2D eigenvalue weighted by Gasteiger charge is -2.27. The molecule has 5 atom stereocenters. The largest absolute Gasteiger partial charge is 0.507 e.